The summed E-state index contributed by atoms with van der Waals surface area (Å²) < 4.78 is 13.7. The summed E-state index contributed by atoms with van der Waals surface area (Å²) in [6.45, 7) is 0.235. The molecule has 200 valence electrons. The Hall–Kier alpha value is -3.98. The molecule has 1 N–H and O–H groups in total. The first-order valence-electron chi connectivity index (χ1n) is 12.8. The predicted octanol–water partition coefficient (Wildman–Crippen LogP) is 6.37. The van der Waals surface area contributed by atoms with E-state index in [1.807, 2.05) is 18.2 Å². The average molecular weight is 590 g/mol. The van der Waals surface area contributed by atoms with E-state index >= 15 is 0 Å². The summed E-state index contributed by atoms with van der Waals surface area (Å²) in [6.07, 6.45) is 7.04. The zero-order valence-electron chi connectivity index (χ0n) is 21.5. The van der Waals surface area contributed by atoms with Crippen LogP contribution in [0.1, 0.15) is 65.3 Å². The van der Waals surface area contributed by atoms with Crippen LogP contribution in [0.2, 0.25) is 0 Å². The molecule has 4 aromatic rings. The topological polar surface area (TPSA) is 103 Å². The minimum absolute atomic E-state index is 0.186. The van der Waals surface area contributed by atoms with Gasteiger partial charge in [0.25, 0.3) is 5.56 Å². The number of aromatic nitrogens is 2. The van der Waals surface area contributed by atoms with Gasteiger partial charge in [0.1, 0.15) is 12.4 Å². The molecule has 9 heteroatoms. The Bertz CT molecular complexity index is 1590. The monoisotopic (exact) mass is 589 g/mol. The van der Waals surface area contributed by atoms with E-state index in [2.05, 4.69) is 21.0 Å². The molecule has 0 amide bonds. The molecule has 3 aromatic carbocycles. The smallest absolute Gasteiger partial charge is 0.335 e. The number of hydrogen-bond acceptors (Lipinski definition) is 6. The zero-order valence-corrected chi connectivity index (χ0v) is 23.1. The van der Waals surface area contributed by atoms with Crippen LogP contribution in [0.25, 0.3) is 10.9 Å². The van der Waals surface area contributed by atoms with Crippen molar-refractivity contribution in [2.45, 2.75) is 44.6 Å². The van der Waals surface area contributed by atoms with Gasteiger partial charge in [-0.1, -0.05) is 43.5 Å². The summed E-state index contributed by atoms with van der Waals surface area (Å²) in [7, 11) is 1.55. The van der Waals surface area contributed by atoms with Crippen molar-refractivity contribution in [1.29, 1.82) is 0 Å². The van der Waals surface area contributed by atoms with E-state index in [4.69, 9.17) is 19.6 Å². The summed E-state index contributed by atoms with van der Waals surface area (Å²) >= 11 is 3.59. The van der Waals surface area contributed by atoms with Crippen LogP contribution >= 0.6 is 15.9 Å². The van der Waals surface area contributed by atoms with E-state index in [9.17, 15) is 9.59 Å². The van der Waals surface area contributed by atoms with Gasteiger partial charge in [0.15, 0.2) is 11.5 Å². The van der Waals surface area contributed by atoms with Gasteiger partial charge in [-0.25, -0.2) is 9.78 Å². The highest BCUT2D eigenvalue weighted by Crippen LogP contribution is 2.34. The lowest BCUT2D eigenvalue weighted by Gasteiger charge is -2.22. The van der Waals surface area contributed by atoms with E-state index < -0.39 is 5.97 Å². The molecule has 0 unspecified atom stereocenters. The van der Waals surface area contributed by atoms with Crippen molar-refractivity contribution in [1.82, 2.24) is 9.66 Å². The molecule has 5 rings (SSSR count). The van der Waals surface area contributed by atoms with Crippen molar-refractivity contribution in [2.24, 2.45) is 5.10 Å². The Morgan fingerprint density at radius 3 is 2.56 bits per heavy atom. The second kappa shape index (κ2) is 11.8. The second-order valence-corrected chi connectivity index (χ2v) is 10.4. The van der Waals surface area contributed by atoms with Crippen molar-refractivity contribution < 1.29 is 19.4 Å². The van der Waals surface area contributed by atoms with Gasteiger partial charge in [-0.2, -0.15) is 9.78 Å². The number of para-hydroxylation sites is 1. The first-order valence-corrected chi connectivity index (χ1v) is 13.6. The van der Waals surface area contributed by atoms with Gasteiger partial charge in [-0.3, -0.25) is 4.79 Å². The van der Waals surface area contributed by atoms with E-state index in [1.165, 1.54) is 11.1 Å². The summed E-state index contributed by atoms with van der Waals surface area (Å²) in [5.74, 6) is 0.922. The summed E-state index contributed by atoms with van der Waals surface area (Å²) in [5, 5.41) is 14.2. The number of carboxylic acids is 1. The van der Waals surface area contributed by atoms with Crippen LogP contribution in [0.4, 0.5) is 0 Å². The van der Waals surface area contributed by atoms with Crippen LogP contribution in [0, 0.1) is 0 Å². The fourth-order valence-corrected chi connectivity index (χ4v) is 5.25. The van der Waals surface area contributed by atoms with Gasteiger partial charge in [0.05, 0.1) is 29.8 Å². The van der Waals surface area contributed by atoms with E-state index in [0.29, 0.717) is 38.3 Å². The largest absolute Gasteiger partial charge is 0.493 e. The maximum Gasteiger partial charge on any atom is 0.335 e. The number of carboxylic acid groups (broad SMARTS) is 1. The van der Waals surface area contributed by atoms with Gasteiger partial charge >= 0.3 is 5.97 Å². The number of fused-ring (bicyclic) bond motifs is 1. The number of rotatable bonds is 8. The van der Waals surface area contributed by atoms with E-state index in [0.717, 1.165) is 31.2 Å². The molecule has 0 aliphatic heterocycles. The Balaban J connectivity index is 1.44. The van der Waals surface area contributed by atoms with Crippen molar-refractivity contribution in [3.63, 3.8) is 0 Å². The molecule has 0 spiro atoms. The molecule has 1 heterocycles. The van der Waals surface area contributed by atoms with Crippen LogP contribution in [0.5, 0.6) is 11.5 Å². The van der Waals surface area contributed by atoms with Gasteiger partial charge in [0.2, 0.25) is 0 Å². The molecule has 0 saturated heterocycles. The number of methoxy groups -OCH3 is 1. The maximum absolute atomic E-state index is 13.5. The van der Waals surface area contributed by atoms with Gasteiger partial charge in [0, 0.05) is 16.0 Å². The maximum atomic E-state index is 13.5. The molecule has 8 nitrogen and oxygen atoms in total. The molecule has 1 aliphatic rings. The molecule has 0 bridgehead atoms. The normalized spacial score (nSPS) is 14.1. The predicted molar refractivity (Wildman–Crippen MR) is 153 cm³/mol. The lowest BCUT2D eigenvalue weighted by atomic mass is 9.88. The number of benzene rings is 3. The summed E-state index contributed by atoms with van der Waals surface area (Å²) in [4.78, 5) is 29.4. The zero-order chi connectivity index (χ0) is 27.4. The Morgan fingerprint density at radius 2 is 1.85 bits per heavy atom. The highest BCUT2D eigenvalue weighted by Gasteiger charge is 2.22. The molecule has 1 fully saturated rings. The highest BCUT2D eigenvalue weighted by molar-refractivity contribution is 9.10. The number of halogens is 1. The number of aromatic carboxylic acids is 1. The van der Waals surface area contributed by atoms with Crippen LogP contribution in [-0.2, 0) is 6.61 Å². The first kappa shape index (κ1) is 26.6. The fraction of sp³-hybridized carbons (Fsp3) is 0.267. The van der Waals surface area contributed by atoms with Crippen LogP contribution in [0.15, 0.2) is 75.0 Å². The average Bonchev–Trinajstić information content (AvgIpc) is 2.96. The van der Waals surface area contributed by atoms with Crippen LogP contribution in [-0.4, -0.2) is 34.1 Å². The third-order valence-electron chi connectivity index (χ3n) is 6.94. The minimum Gasteiger partial charge on any atom is -0.493 e. The molecular weight excluding hydrogens is 562 g/mol. The third kappa shape index (κ3) is 5.88. The van der Waals surface area contributed by atoms with Crippen molar-refractivity contribution >= 4 is 39.0 Å². The Labute approximate surface area is 234 Å². The molecular formula is C30H28BrN3O5. The van der Waals surface area contributed by atoms with Crippen molar-refractivity contribution in [3.8, 4) is 11.5 Å². The third-order valence-corrected chi connectivity index (χ3v) is 7.63. The number of carbonyl (C=O) groups is 1. The minimum atomic E-state index is -0.974. The second-order valence-electron chi connectivity index (χ2n) is 9.50. The van der Waals surface area contributed by atoms with Gasteiger partial charge in [-0.15, -0.1) is 0 Å². The molecule has 39 heavy (non-hydrogen) atoms. The van der Waals surface area contributed by atoms with E-state index in [1.54, 1.807) is 55.8 Å². The standard InChI is InChI=1S/C30H28BrN3O5/c1-38-26-15-22(24(31)16-27(26)39-18-19-11-13-21(14-12-19)30(36)37)17-32-34-28(20-7-3-2-4-8-20)33-25-10-6-5-9-23(25)29(34)35/h5-6,9-17,20H,2-4,7-8,18H2,1H3,(H,36,37). The number of hydrogen-bond donors (Lipinski definition) is 1. The SMILES string of the molecule is COc1cc(C=Nn2c(C3CCCCC3)nc3ccccc3c2=O)c(Br)cc1OCc1ccc(C(=O)O)cc1. The quantitative estimate of drug-likeness (QED) is 0.239. The lowest BCUT2D eigenvalue weighted by molar-refractivity contribution is 0.0697. The van der Waals surface area contributed by atoms with Crippen molar-refractivity contribution in [2.75, 3.05) is 7.11 Å². The fourth-order valence-electron chi connectivity index (χ4n) is 4.82. The lowest BCUT2D eigenvalue weighted by Crippen LogP contribution is -2.25. The summed E-state index contributed by atoms with van der Waals surface area (Å²) in [6, 6.07) is 17.5. The Kier molecular flexibility index (Phi) is 8.07. The number of ether oxygens (including phenoxy) is 2. The molecule has 1 saturated carbocycles. The number of nitrogens with zero attached hydrogens (tertiary/aromatic N) is 3. The molecule has 0 atom stereocenters. The molecule has 1 aliphatic carbocycles. The van der Waals surface area contributed by atoms with Gasteiger partial charge < -0.3 is 14.6 Å². The van der Waals surface area contributed by atoms with Crippen molar-refractivity contribution in [3.05, 3.63) is 98.0 Å². The highest BCUT2D eigenvalue weighted by atomic mass is 79.9. The van der Waals surface area contributed by atoms with Gasteiger partial charge in [-0.05, 0) is 70.7 Å². The molecule has 0 radical (unpaired) electrons. The van der Waals surface area contributed by atoms with Crippen LogP contribution < -0.4 is 15.0 Å². The van der Waals surface area contributed by atoms with Crippen LogP contribution in [0.3, 0.4) is 0 Å². The molecule has 1 aromatic heterocycles. The Morgan fingerprint density at radius 1 is 1.10 bits per heavy atom. The first-order chi connectivity index (χ1) is 18.9. The van der Waals surface area contributed by atoms with E-state index in [-0.39, 0.29) is 23.6 Å². The summed E-state index contributed by atoms with van der Waals surface area (Å²) in [5.41, 5.74) is 2.25.